The molecule has 1 atom stereocenters. The van der Waals surface area contributed by atoms with E-state index in [1.54, 1.807) is 0 Å². The van der Waals surface area contributed by atoms with Crippen molar-refractivity contribution < 1.29 is 4.74 Å². The van der Waals surface area contributed by atoms with Gasteiger partial charge in [0.1, 0.15) is 5.60 Å². The summed E-state index contributed by atoms with van der Waals surface area (Å²) in [5, 5.41) is 0. The van der Waals surface area contributed by atoms with E-state index in [0.29, 0.717) is 0 Å². The van der Waals surface area contributed by atoms with Gasteiger partial charge in [0.25, 0.3) is 0 Å². The summed E-state index contributed by atoms with van der Waals surface area (Å²) in [6.45, 7) is 20.9. The first-order valence-electron chi connectivity index (χ1n) is 12.8. The lowest BCUT2D eigenvalue weighted by atomic mass is 9.75. The molecule has 1 unspecified atom stereocenters. The van der Waals surface area contributed by atoms with Crippen LogP contribution in [-0.4, -0.2) is 6.61 Å². The van der Waals surface area contributed by atoms with Crippen LogP contribution in [0.3, 0.4) is 0 Å². The van der Waals surface area contributed by atoms with E-state index < -0.39 is 5.60 Å². The van der Waals surface area contributed by atoms with Gasteiger partial charge < -0.3 is 4.74 Å². The Hall–Kier alpha value is -1.86. The van der Waals surface area contributed by atoms with Crippen LogP contribution in [0.5, 0.6) is 0 Å². The molecule has 1 nitrogen and oxygen atoms in total. The monoisotopic (exact) mass is 434 g/mol. The van der Waals surface area contributed by atoms with E-state index in [-0.39, 0.29) is 0 Å². The Labute approximate surface area is 198 Å². The number of hydrogen-bond acceptors (Lipinski definition) is 1. The van der Waals surface area contributed by atoms with Crippen LogP contribution >= 0.6 is 0 Å². The summed E-state index contributed by atoms with van der Waals surface area (Å²) in [5.74, 6) is 0. The molecular weight excluding hydrogens is 388 g/mol. The Morgan fingerprint density at radius 3 is 2.50 bits per heavy atom. The molecule has 176 valence electrons. The van der Waals surface area contributed by atoms with Gasteiger partial charge >= 0.3 is 0 Å². The van der Waals surface area contributed by atoms with Crippen LogP contribution in [0.1, 0.15) is 109 Å². The van der Waals surface area contributed by atoms with Crippen molar-refractivity contribution in [3.8, 4) is 0 Å². The Balaban J connectivity index is 2.35. The molecule has 0 bridgehead atoms. The fourth-order valence-corrected chi connectivity index (χ4v) is 4.75. The summed E-state index contributed by atoms with van der Waals surface area (Å²) in [5.41, 5.74) is 8.20. The van der Waals surface area contributed by atoms with Crippen molar-refractivity contribution >= 4 is 5.57 Å². The highest BCUT2D eigenvalue weighted by molar-refractivity contribution is 5.73. The largest absolute Gasteiger partial charge is 0.366 e. The maximum absolute atomic E-state index is 6.60. The minimum atomic E-state index is -0.425. The van der Waals surface area contributed by atoms with Gasteiger partial charge in [0.15, 0.2) is 0 Å². The molecule has 2 rings (SSSR count). The molecule has 1 aromatic rings. The van der Waals surface area contributed by atoms with E-state index in [9.17, 15) is 0 Å². The molecule has 0 aromatic heterocycles. The molecule has 0 saturated carbocycles. The van der Waals surface area contributed by atoms with Gasteiger partial charge in [0.05, 0.1) is 0 Å². The first-order chi connectivity index (χ1) is 15.4. The smallest absolute Gasteiger partial charge is 0.118 e. The van der Waals surface area contributed by atoms with Gasteiger partial charge in [-0.25, -0.2) is 0 Å². The predicted molar refractivity (Wildman–Crippen MR) is 142 cm³/mol. The third-order valence-corrected chi connectivity index (χ3v) is 6.86. The average molecular weight is 435 g/mol. The lowest BCUT2D eigenvalue weighted by Crippen LogP contribution is -2.36. The summed E-state index contributed by atoms with van der Waals surface area (Å²) in [6.07, 6.45) is 16.5. The number of unbranched alkanes of at least 4 members (excludes halogenated alkanes) is 4. The summed E-state index contributed by atoms with van der Waals surface area (Å²) in [4.78, 5) is 0. The topological polar surface area (TPSA) is 9.23 Å². The average Bonchev–Trinajstić information content (AvgIpc) is 2.80. The van der Waals surface area contributed by atoms with Gasteiger partial charge in [0, 0.05) is 6.61 Å². The van der Waals surface area contributed by atoms with Gasteiger partial charge in [0.2, 0.25) is 0 Å². The molecule has 0 aliphatic carbocycles. The van der Waals surface area contributed by atoms with E-state index >= 15 is 0 Å². The highest BCUT2D eigenvalue weighted by Crippen LogP contribution is 2.45. The van der Waals surface area contributed by atoms with E-state index in [4.69, 9.17) is 4.74 Å². The number of rotatable bonds is 12. The van der Waals surface area contributed by atoms with Crippen LogP contribution in [0, 0.1) is 6.92 Å². The molecule has 1 heteroatoms. The molecule has 0 amide bonds. The zero-order valence-corrected chi connectivity index (χ0v) is 21.5. The van der Waals surface area contributed by atoms with Crippen molar-refractivity contribution in [1.82, 2.24) is 0 Å². The quantitative estimate of drug-likeness (QED) is 0.235. The Kier molecular flexibility index (Phi) is 10.7. The molecule has 1 aliphatic heterocycles. The van der Waals surface area contributed by atoms with Gasteiger partial charge in [-0.2, -0.15) is 0 Å². The molecule has 1 heterocycles. The third kappa shape index (κ3) is 6.82. The van der Waals surface area contributed by atoms with Crippen molar-refractivity contribution in [1.29, 1.82) is 0 Å². The SMILES string of the molecule is C=C(C=C(C)CCCCCC)c1ccc(C)c(C2(C(=C)C(C)=CCCC)CCCCO2)c1. The van der Waals surface area contributed by atoms with E-state index in [1.165, 1.54) is 59.9 Å². The van der Waals surface area contributed by atoms with Crippen molar-refractivity contribution in [3.05, 3.63) is 76.9 Å². The van der Waals surface area contributed by atoms with E-state index in [1.807, 2.05) is 0 Å². The van der Waals surface area contributed by atoms with Crippen LogP contribution in [0.2, 0.25) is 0 Å². The van der Waals surface area contributed by atoms with Crippen molar-refractivity contribution in [2.45, 2.75) is 104 Å². The zero-order valence-electron chi connectivity index (χ0n) is 21.5. The number of benzene rings is 1. The van der Waals surface area contributed by atoms with E-state index in [2.05, 4.69) is 78.1 Å². The Morgan fingerprint density at radius 1 is 1.06 bits per heavy atom. The minimum absolute atomic E-state index is 0.425. The molecule has 0 spiro atoms. The fourth-order valence-electron chi connectivity index (χ4n) is 4.75. The number of hydrogen-bond donors (Lipinski definition) is 0. The lowest BCUT2D eigenvalue weighted by molar-refractivity contribution is -0.0548. The second-order valence-electron chi connectivity index (χ2n) is 9.64. The molecule has 1 saturated heterocycles. The third-order valence-electron chi connectivity index (χ3n) is 6.86. The predicted octanol–water partition coefficient (Wildman–Crippen LogP) is 9.62. The summed E-state index contributed by atoms with van der Waals surface area (Å²) in [7, 11) is 0. The molecular formula is C31H46O. The van der Waals surface area contributed by atoms with E-state index in [0.717, 1.165) is 49.9 Å². The van der Waals surface area contributed by atoms with Crippen molar-refractivity contribution in [2.24, 2.45) is 0 Å². The lowest BCUT2D eigenvalue weighted by Gasteiger charge is -2.41. The summed E-state index contributed by atoms with van der Waals surface area (Å²) in [6, 6.07) is 6.77. The van der Waals surface area contributed by atoms with Crippen LogP contribution in [0.4, 0.5) is 0 Å². The second kappa shape index (κ2) is 13.0. The number of allylic oxidation sites excluding steroid dienone is 4. The van der Waals surface area contributed by atoms with Crippen molar-refractivity contribution in [3.63, 3.8) is 0 Å². The maximum atomic E-state index is 6.60. The first-order valence-corrected chi connectivity index (χ1v) is 12.8. The maximum Gasteiger partial charge on any atom is 0.118 e. The van der Waals surface area contributed by atoms with Crippen molar-refractivity contribution in [2.75, 3.05) is 6.61 Å². The normalized spacial score (nSPS) is 19.8. The van der Waals surface area contributed by atoms with Gasteiger partial charge in [-0.15, -0.1) is 0 Å². The summed E-state index contributed by atoms with van der Waals surface area (Å²) >= 11 is 0. The second-order valence-corrected chi connectivity index (χ2v) is 9.64. The number of ether oxygens (including phenoxy) is 1. The fraction of sp³-hybridized carbons (Fsp3) is 0.548. The molecule has 1 aliphatic rings. The summed E-state index contributed by atoms with van der Waals surface area (Å²) < 4.78 is 6.60. The number of aryl methyl sites for hydroxylation is 1. The molecule has 1 fully saturated rings. The van der Waals surface area contributed by atoms with Crippen LogP contribution in [0.25, 0.3) is 5.57 Å². The Morgan fingerprint density at radius 2 is 1.84 bits per heavy atom. The van der Waals surface area contributed by atoms with Crippen LogP contribution < -0.4 is 0 Å². The molecule has 0 radical (unpaired) electrons. The van der Waals surface area contributed by atoms with Gasteiger partial charge in [-0.05, 0) is 98.8 Å². The minimum Gasteiger partial charge on any atom is -0.366 e. The molecule has 32 heavy (non-hydrogen) atoms. The Bertz CT molecular complexity index is 830. The van der Waals surface area contributed by atoms with Gasteiger partial charge in [-0.1, -0.05) is 82.5 Å². The molecule has 1 aromatic carbocycles. The highest BCUT2D eigenvalue weighted by atomic mass is 16.5. The molecule has 0 N–H and O–H groups in total. The highest BCUT2D eigenvalue weighted by Gasteiger charge is 2.39. The zero-order chi connectivity index (χ0) is 23.6. The first kappa shape index (κ1) is 26.4. The van der Waals surface area contributed by atoms with Crippen LogP contribution in [0.15, 0.2) is 60.2 Å². The van der Waals surface area contributed by atoms with Gasteiger partial charge in [-0.3, -0.25) is 0 Å². The van der Waals surface area contributed by atoms with Crippen LogP contribution in [-0.2, 0) is 10.3 Å². The standard InChI is InChI=1S/C31H46O/c1-8-10-12-13-16-24(3)22-27(6)29-19-18-26(5)30(23-29)31(20-14-15-21-32-31)28(7)25(4)17-11-9-2/h17-19,22-23H,6-16,20-21H2,1-5H3.